The summed E-state index contributed by atoms with van der Waals surface area (Å²) in [4.78, 5) is 24.0. The lowest BCUT2D eigenvalue weighted by atomic mass is 10.0. The number of halogens is 1. The Kier molecular flexibility index (Phi) is 5.63. The lowest BCUT2D eigenvalue weighted by Gasteiger charge is -2.14. The SMILES string of the molecule is O=C(O)c1ccc(NC(=O)C2CC(O)c3cc(-c4cc(Cl)ccc4-n4cnnn4)c[n+]([O-])c32)cc1. The Bertz CT molecular complexity index is 1440. The zero-order valence-electron chi connectivity index (χ0n) is 17.9. The second kappa shape index (κ2) is 8.78. The Hall–Kier alpha value is -4.35. The number of hydrogen-bond acceptors (Lipinski definition) is 7. The molecule has 4 aromatic rings. The van der Waals surface area contributed by atoms with E-state index in [-0.39, 0.29) is 17.7 Å². The van der Waals surface area contributed by atoms with Crippen molar-refractivity contribution in [3.8, 4) is 16.8 Å². The third-order valence-corrected chi connectivity index (χ3v) is 6.06. The third kappa shape index (κ3) is 4.18. The Morgan fingerprint density at radius 3 is 2.63 bits per heavy atom. The molecule has 2 atom stereocenters. The van der Waals surface area contributed by atoms with Crippen molar-refractivity contribution in [3.05, 3.63) is 88.1 Å². The quantitative estimate of drug-likeness (QED) is 0.283. The summed E-state index contributed by atoms with van der Waals surface area (Å²) in [6.45, 7) is 0. The van der Waals surface area contributed by atoms with E-state index in [1.807, 2.05) is 0 Å². The van der Waals surface area contributed by atoms with Crippen LogP contribution in [-0.4, -0.2) is 42.3 Å². The van der Waals surface area contributed by atoms with Gasteiger partial charge in [-0.1, -0.05) is 11.6 Å². The Morgan fingerprint density at radius 2 is 1.94 bits per heavy atom. The fourth-order valence-electron chi connectivity index (χ4n) is 4.20. The predicted molar refractivity (Wildman–Crippen MR) is 123 cm³/mol. The standard InChI is InChI=1S/C23H17ClN6O5/c24-14-3-6-19(29-11-25-27-28-29)16(8-14)13-7-17-20(31)9-18(21(17)30(35)10-13)22(32)26-15-4-1-12(2-5-15)23(33)34/h1-8,10-11,18,20,31H,9H2,(H,26,32)(H,33,34). The summed E-state index contributed by atoms with van der Waals surface area (Å²) in [5.74, 6) is -2.47. The highest BCUT2D eigenvalue weighted by atomic mass is 35.5. The van der Waals surface area contributed by atoms with Gasteiger partial charge in [0.15, 0.2) is 6.20 Å². The van der Waals surface area contributed by atoms with Gasteiger partial charge in [-0.2, -0.15) is 9.41 Å². The number of aromatic carboxylic acids is 1. The summed E-state index contributed by atoms with van der Waals surface area (Å²) in [5, 5.41) is 47.1. The van der Waals surface area contributed by atoms with Crippen molar-refractivity contribution >= 4 is 29.2 Å². The molecule has 12 heteroatoms. The monoisotopic (exact) mass is 492 g/mol. The first kappa shape index (κ1) is 22.4. The third-order valence-electron chi connectivity index (χ3n) is 5.83. The van der Waals surface area contributed by atoms with Crippen molar-refractivity contribution in [3.63, 3.8) is 0 Å². The van der Waals surface area contributed by atoms with E-state index in [1.54, 1.807) is 24.3 Å². The molecule has 0 saturated carbocycles. The highest BCUT2D eigenvalue weighted by Crippen LogP contribution is 2.41. The molecule has 0 saturated heterocycles. The van der Waals surface area contributed by atoms with Gasteiger partial charge in [-0.05, 0) is 65.4 Å². The van der Waals surface area contributed by atoms with Crippen molar-refractivity contribution in [2.24, 2.45) is 0 Å². The molecule has 3 N–H and O–H groups in total. The van der Waals surface area contributed by atoms with Crippen LogP contribution in [0.1, 0.15) is 40.1 Å². The molecule has 2 unspecified atom stereocenters. The number of nitrogens with one attached hydrogen (secondary N) is 1. The number of anilines is 1. The highest BCUT2D eigenvalue weighted by Gasteiger charge is 2.42. The number of aliphatic hydroxyl groups excluding tert-OH is 1. The van der Waals surface area contributed by atoms with Crippen LogP contribution in [0.5, 0.6) is 0 Å². The van der Waals surface area contributed by atoms with E-state index in [2.05, 4.69) is 20.8 Å². The zero-order chi connectivity index (χ0) is 24.7. The molecule has 0 bridgehead atoms. The number of rotatable bonds is 5. The van der Waals surface area contributed by atoms with Crippen LogP contribution in [-0.2, 0) is 4.79 Å². The van der Waals surface area contributed by atoms with Gasteiger partial charge in [0.25, 0.3) is 0 Å². The molecular formula is C23H17ClN6O5. The number of amides is 1. The Balaban J connectivity index is 1.49. The highest BCUT2D eigenvalue weighted by molar-refractivity contribution is 6.31. The smallest absolute Gasteiger partial charge is 0.335 e. The second-order valence-corrected chi connectivity index (χ2v) is 8.42. The fraction of sp³-hybridized carbons (Fsp3) is 0.130. The van der Waals surface area contributed by atoms with Crippen LogP contribution in [0.25, 0.3) is 16.8 Å². The molecule has 2 aromatic carbocycles. The molecule has 0 spiro atoms. The summed E-state index contributed by atoms with van der Waals surface area (Å²) in [6, 6.07) is 12.3. The summed E-state index contributed by atoms with van der Waals surface area (Å²) in [5.41, 5.74) is 2.55. The van der Waals surface area contributed by atoms with E-state index in [0.29, 0.717) is 37.8 Å². The number of carboxylic acid groups (broad SMARTS) is 1. The number of aromatic nitrogens is 5. The molecule has 0 radical (unpaired) electrons. The second-order valence-electron chi connectivity index (χ2n) is 7.99. The van der Waals surface area contributed by atoms with Crippen LogP contribution < -0.4 is 10.0 Å². The lowest BCUT2D eigenvalue weighted by molar-refractivity contribution is -0.613. The first-order valence-electron chi connectivity index (χ1n) is 10.4. The van der Waals surface area contributed by atoms with Gasteiger partial charge in [-0.25, -0.2) is 4.79 Å². The summed E-state index contributed by atoms with van der Waals surface area (Å²) < 4.78 is 2.01. The number of carbonyl (C=O) groups is 2. The number of benzene rings is 2. The molecule has 1 amide bonds. The topological polar surface area (TPSA) is 157 Å². The molecule has 0 fully saturated rings. The molecule has 2 heterocycles. The van der Waals surface area contributed by atoms with E-state index in [4.69, 9.17) is 16.7 Å². The minimum atomic E-state index is -1.08. The van der Waals surface area contributed by atoms with Crippen LogP contribution in [0.15, 0.2) is 61.1 Å². The first-order valence-corrected chi connectivity index (χ1v) is 10.8. The Labute approximate surface area is 202 Å². The molecule has 2 aromatic heterocycles. The molecule has 1 aliphatic rings. The van der Waals surface area contributed by atoms with Gasteiger partial charge in [0.1, 0.15) is 12.2 Å². The van der Waals surface area contributed by atoms with Crippen LogP contribution in [0.2, 0.25) is 5.02 Å². The number of carbonyl (C=O) groups excluding carboxylic acids is 1. The average Bonchev–Trinajstić information content (AvgIpc) is 3.48. The van der Waals surface area contributed by atoms with Gasteiger partial charge in [-0.15, -0.1) is 5.10 Å². The van der Waals surface area contributed by atoms with Crippen LogP contribution >= 0.6 is 11.6 Å². The zero-order valence-corrected chi connectivity index (χ0v) is 18.6. The van der Waals surface area contributed by atoms with Crippen molar-refractivity contribution in [2.45, 2.75) is 18.4 Å². The number of fused-ring (bicyclic) bond motifs is 1. The Morgan fingerprint density at radius 1 is 1.17 bits per heavy atom. The number of hydrogen-bond donors (Lipinski definition) is 3. The minimum absolute atomic E-state index is 0.0233. The molecule has 5 rings (SSSR count). The van der Waals surface area contributed by atoms with Gasteiger partial charge in [0, 0.05) is 21.8 Å². The van der Waals surface area contributed by atoms with Gasteiger partial charge < -0.3 is 20.7 Å². The lowest BCUT2D eigenvalue weighted by Crippen LogP contribution is -2.36. The van der Waals surface area contributed by atoms with E-state index in [9.17, 15) is 19.9 Å². The van der Waals surface area contributed by atoms with Crippen molar-refractivity contribution < 1.29 is 24.5 Å². The summed E-state index contributed by atoms with van der Waals surface area (Å²) >= 11 is 6.20. The molecule has 176 valence electrons. The molecule has 1 aliphatic carbocycles. The minimum Gasteiger partial charge on any atom is -0.618 e. The van der Waals surface area contributed by atoms with Gasteiger partial charge in [0.2, 0.25) is 11.6 Å². The van der Waals surface area contributed by atoms with Crippen molar-refractivity contribution in [1.29, 1.82) is 0 Å². The van der Waals surface area contributed by atoms with E-state index >= 15 is 0 Å². The summed E-state index contributed by atoms with van der Waals surface area (Å²) in [6.07, 6.45) is 1.71. The van der Waals surface area contributed by atoms with Crippen molar-refractivity contribution in [2.75, 3.05) is 5.32 Å². The number of aliphatic hydroxyl groups is 1. The number of carboxylic acids is 1. The fourth-order valence-corrected chi connectivity index (χ4v) is 4.37. The average molecular weight is 493 g/mol. The van der Waals surface area contributed by atoms with Crippen LogP contribution in [0, 0.1) is 5.21 Å². The van der Waals surface area contributed by atoms with E-state index in [1.165, 1.54) is 41.5 Å². The van der Waals surface area contributed by atoms with Crippen LogP contribution in [0.4, 0.5) is 5.69 Å². The normalized spacial score (nSPS) is 16.6. The number of pyridine rings is 1. The molecule has 11 nitrogen and oxygen atoms in total. The number of tetrazole rings is 1. The van der Waals surface area contributed by atoms with Crippen LogP contribution in [0.3, 0.4) is 0 Å². The van der Waals surface area contributed by atoms with E-state index in [0.717, 1.165) is 0 Å². The van der Waals surface area contributed by atoms with Gasteiger partial charge in [-0.3, -0.25) is 4.79 Å². The molecule has 35 heavy (non-hydrogen) atoms. The van der Waals surface area contributed by atoms with E-state index < -0.39 is 23.9 Å². The molecule has 0 aliphatic heterocycles. The number of nitrogens with zero attached hydrogens (tertiary/aromatic N) is 5. The van der Waals surface area contributed by atoms with Crippen molar-refractivity contribution in [1.82, 2.24) is 20.2 Å². The largest absolute Gasteiger partial charge is 0.618 e. The van der Waals surface area contributed by atoms with Gasteiger partial charge >= 0.3 is 5.97 Å². The predicted octanol–water partition coefficient (Wildman–Crippen LogP) is 2.47. The maximum absolute atomic E-state index is 13.1. The summed E-state index contributed by atoms with van der Waals surface area (Å²) in [7, 11) is 0. The van der Waals surface area contributed by atoms with Gasteiger partial charge in [0.05, 0.1) is 22.9 Å². The maximum atomic E-state index is 13.1. The first-order chi connectivity index (χ1) is 16.8. The maximum Gasteiger partial charge on any atom is 0.335 e. The molecular weight excluding hydrogens is 476 g/mol.